The molecule has 0 fully saturated rings. The van der Waals surface area contributed by atoms with E-state index in [9.17, 15) is 31.1 Å². The summed E-state index contributed by atoms with van der Waals surface area (Å²) in [7, 11) is 0. The number of hydrogen-bond donors (Lipinski definition) is 3. The van der Waals surface area contributed by atoms with Gasteiger partial charge in [-0.3, -0.25) is 0 Å². The van der Waals surface area contributed by atoms with Crippen LogP contribution in [-0.2, 0) is 12.4 Å². The molecule has 35 heavy (non-hydrogen) atoms. The summed E-state index contributed by atoms with van der Waals surface area (Å²) >= 11 is 0. The van der Waals surface area contributed by atoms with Crippen molar-refractivity contribution < 1.29 is 36.2 Å². The van der Waals surface area contributed by atoms with Gasteiger partial charge in [0.2, 0.25) is 0 Å². The van der Waals surface area contributed by atoms with Crippen molar-refractivity contribution in [2.75, 3.05) is 10.6 Å². The van der Waals surface area contributed by atoms with Gasteiger partial charge in [0.15, 0.2) is 0 Å². The van der Waals surface area contributed by atoms with Crippen molar-refractivity contribution >= 4 is 17.6 Å². The average molecular weight is 505 g/mol. The van der Waals surface area contributed by atoms with Gasteiger partial charge in [-0.05, 0) is 65.8 Å². The van der Waals surface area contributed by atoms with Crippen LogP contribution in [0.5, 0.6) is 0 Å². The number of aromatic carboxylic acids is 1. The molecule has 0 aliphatic heterocycles. The van der Waals surface area contributed by atoms with Crippen molar-refractivity contribution in [3.05, 3.63) is 46.8 Å². The number of anilines is 2. The first kappa shape index (κ1) is 29.5. The number of nitriles is 1. The third-order valence-corrected chi connectivity index (χ3v) is 3.71. The Balaban J connectivity index is 0.000000351. The number of alkyl halides is 6. The third-order valence-electron chi connectivity index (χ3n) is 3.71. The molecule has 0 radical (unpaired) electrons. The van der Waals surface area contributed by atoms with Crippen LogP contribution < -0.4 is 10.6 Å². The number of carbonyl (C=O) groups is 1. The maximum absolute atomic E-state index is 12.5. The second kappa shape index (κ2) is 10.4. The van der Waals surface area contributed by atoms with Crippen LogP contribution in [0.1, 0.15) is 68.9 Å². The number of pyridine rings is 2. The van der Waals surface area contributed by atoms with E-state index in [0.717, 1.165) is 18.2 Å². The molecule has 3 N–H and O–H groups in total. The van der Waals surface area contributed by atoms with Crippen LogP contribution in [0.4, 0.5) is 38.0 Å². The molecule has 13 heteroatoms. The molecule has 0 amide bonds. The lowest BCUT2D eigenvalue weighted by molar-refractivity contribution is -0.141. The topological polar surface area (TPSA) is 111 Å². The van der Waals surface area contributed by atoms with Gasteiger partial charge in [0.05, 0.1) is 5.56 Å². The molecule has 192 valence electrons. The number of aromatic nitrogens is 2. The fraction of sp³-hybridized carbons (Fsp3) is 0.455. The molecule has 0 saturated heterocycles. The number of hydrogen-bond acceptors (Lipinski definition) is 6. The highest BCUT2D eigenvalue weighted by molar-refractivity contribution is 5.93. The fourth-order valence-electron chi connectivity index (χ4n) is 2.40. The zero-order valence-corrected chi connectivity index (χ0v) is 19.8. The normalized spacial score (nSPS) is 12.2. The summed E-state index contributed by atoms with van der Waals surface area (Å²) < 4.78 is 74.9. The lowest BCUT2D eigenvalue weighted by atomic mass is 10.1. The summed E-state index contributed by atoms with van der Waals surface area (Å²) in [6.07, 6.45) is -9.12. The molecule has 0 aliphatic carbocycles. The average Bonchev–Trinajstić information content (AvgIpc) is 2.64. The lowest BCUT2D eigenvalue weighted by Gasteiger charge is -2.23. The molecular formula is C22H25F6N5O2. The van der Waals surface area contributed by atoms with Crippen LogP contribution in [0.3, 0.4) is 0 Å². The molecule has 7 nitrogen and oxygen atoms in total. The molecule has 0 aromatic carbocycles. The Bertz CT molecular complexity index is 1090. The molecule has 0 spiro atoms. The van der Waals surface area contributed by atoms with E-state index in [1.807, 2.05) is 0 Å². The molecule has 0 atom stereocenters. The quantitative estimate of drug-likeness (QED) is 0.427. The standard InChI is InChI=1S/C11H12F3N3.C11H13F3N2O2/c1-10(2,3)17-9-7(6-15)4-5-8(16-9)11(12,13)14;1-10(2,3)16-8-6(9(17)18)4-5-7(15-8)11(12,13)14/h4-5H,1-3H3,(H,16,17);4-5H,1-3H3,(H,15,16)(H,17,18). The number of nitrogens with one attached hydrogen (secondary N) is 2. The Morgan fingerprint density at radius 3 is 1.57 bits per heavy atom. The van der Waals surface area contributed by atoms with E-state index in [2.05, 4.69) is 20.6 Å². The highest BCUT2D eigenvalue weighted by Gasteiger charge is 2.34. The maximum Gasteiger partial charge on any atom is 0.433 e. The minimum absolute atomic E-state index is 0.0465. The van der Waals surface area contributed by atoms with E-state index >= 15 is 0 Å². The van der Waals surface area contributed by atoms with E-state index in [1.165, 1.54) is 0 Å². The molecule has 0 saturated carbocycles. The van der Waals surface area contributed by atoms with Crippen molar-refractivity contribution in [3.8, 4) is 6.07 Å². The predicted octanol–water partition coefficient (Wildman–Crippen LogP) is 6.19. The fourth-order valence-corrected chi connectivity index (χ4v) is 2.40. The van der Waals surface area contributed by atoms with Crippen LogP contribution in [0, 0.1) is 11.3 Å². The first-order chi connectivity index (χ1) is 15.6. The molecule has 2 aromatic rings. The molecule has 0 bridgehead atoms. The molecular weight excluding hydrogens is 480 g/mol. The smallest absolute Gasteiger partial charge is 0.433 e. The van der Waals surface area contributed by atoms with E-state index in [-0.39, 0.29) is 22.8 Å². The Morgan fingerprint density at radius 1 is 0.800 bits per heavy atom. The van der Waals surface area contributed by atoms with E-state index in [0.29, 0.717) is 6.07 Å². The van der Waals surface area contributed by atoms with Crippen LogP contribution in [0.2, 0.25) is 0 Å². The summed E-state index contributed by atoms with van der Waals surface area (Å²) in [5.41, 5.74) is -3.40. The summed E-state index contributed by atoms with van der Waals surface area (Å²) in [4.78, 5) is 17.7. The van der Waals surface area contributed by atoms with Crippen LogP contribution in [-0.4, -0.2) is 32.1 Å². The first-order valence-electron chi connectivity index (χ1n) is 10.0. The number of rotatable bonds is 3. The molecule has 0 unspecified atom stereocenters. The van der Waals surface area contributed by atoms with E-state index < -0.39 is 40.8 Å². The highest BCUT2D eigenvalue weighted by atomic mass is 19.4. The monoisotopic (exact) mass is 505 g/mol. The summed E-state index contributed by atoms with van der Waals surface area (Å²) in [6.45, 7) is 10.4. The zero-order chi connectivity index (χ0) is 27.4. The van der Waals surface area contributed by atoms with Crippen molar-refractivity contribution in [2.24, 2.45) is 0 Å². The summed E-state index contributed by atoms with van der Waals surface area (Å²) in [6, 6.07) is 5.26. The van der Waals surface area contributed by atoms with Gasteiger partial charge in [0, 0.05) is 11.1 Å². The van der Waals surface area contributed by atoms with Crippen molar-refractivity contribution in [2.45, 2.75) is 65.0 Å². The molecule has 2 aromatic heterocycles. The number of carboxylic acid groups (broad SMARTS) is 1. The summed E-state index contributed by atoms with van der Waals surface area (Å²) in [5, 5.41) is 23.1. The Hall–Kier alpha value is -3.56. The number of nitrogens with zero attached hydrogens (tertiary/aromatic N) is 3. The molecule has 0 aliphatic rings. The predicted molar refractivity (Wildman–Crippen MR) is 117 cm³/mol. The Labute approximate surface area is 198 Å². The van der Waals surface area contributed by atoms with Crippen LogP contribution in [0.15, 0.2) is 24.3 Å². The van der Waals surface area contributed by atoms with Crippen LogP contribution in [0.25, 0.3) is 0 Å². The lowest BCUT2D eigenvalue weighted by Crippen LogP contribution is -2.28. The van der Waals surface area contributed by atoms with Crippen molar-refractivity contribution in [1.82, 2.24) is 9.97 Å². The maximum atomic E-state index is 12.5. The molecule has 2 rings (SSSR count). The largest absolute Gasteiger partial charge is 0.478 e. The second-order valence-electron chi connectivity index (χ2n) is 9.35. The first-order valence-corrected chi connectivity index (χ1v) is 10.0. The van der Waals surface area contributed by atoms with Gasteiger partial charge in [-0.25, -0.2) is 14.8 Å². The Morgan fingerprint density at radius 2 is 1.20 bits per heavy atom. The third kappa shape index (κ3) is 9.68. The number of carboxylic acids is 1. The van der Waals surface area contributed by atoms with Gasteiger partial charge in [-0.15, -0.1) is 0 Å². The van der Waals surface area contributed by atoms with Crippen LogP contribution >= 0.6 is 0 Å². The Kier molecular flexibility index (Phi) is 8.73. The van der Waals surface area contributed by atoms with Gasteiger partial charge in [0.1, 0.15) is 34.7 Å². The SMILES string of the molecule is CC(C)(C)Nc1nc(C(F)(F)F)ccc1C#N.CC(C)(C)Nc1nc(C(F)(F)F)ccc1C(=O)O. The van der Waals surface area contributed by atoms with Crippen molar-refractivity contribution in [3.63, 3.8) is 0 Å². The molecule has 2 heterocycles. The highest BCUT2D eigenvalue weighted by Crippen LogP contribution is 2.31. The van der Waals surface area contributed by atoms with E-state index in [4.69, 9.17) is 10.4 Å². The minimum Gasteiger partial charge on any atom is -0.478 e. The van der Waals surface area contributed by atoms with Crippen molar-refractivity contribution in [1.29, 1.82) is 5.26 Å². The summed E-state index contributed by atoms with van der Waals surface area (Å²) in [5.74, 6) is -1.66. The van der Waals surface area contributed by atoms with Gasteiger partial charge in [0.25, 0.3) is 0 Å². The van der Waals surface area contributed by atoms with Gasteiger partial charge >= 0.3 is 18.3 Å². The van der Waals surface area contributed by atoms with Gasteiger partial charge in [-0.2, -0.15) is 31.6 Å². The van der Waals surface area contributed by atoms with Gasteiger partial charge < -0.3 is 15.7 Å². The zero-order valence-electron chi connectivity index (χ0n) is 19.8. The van der Waals surface area contributed by atoms with Gasteiger partial charge in [-0.1, -0.05) is 0 Å². The number of halogens is 6. The van der Waals surface area contributed by atoms with E-state index in [1.54, 1.807) is 47.6 Å². The second-order valence-corrected chi connectivity index (χ2v) is 9.35. The minimum atomic E-state index is -4.61.